The molecule has 0 spiro atoms. The number of anilines is 1. The Bertz CT molecular complexity index is 908. The molecule has 7 heteroatoms. The van der Waals surface area contributed by atoms with E-state index in [4.69, 9.17) is 4.74 Å². The summed E-state index contributed by atoms with van der Waals surface area (Å²) in [7, 11) is -2.10. The number of aryl methyl sites for hydroxylation is 1. The number of benzene rings is 2. The SMILES string of the molecule is CCc1ccc(NC(=O)[C@H]2CCCN(S(=O)(=O)c3ccc(OC)cc3)C2)cc1. The highest BCUT2D eigenvalue weighted by atomic mass is 32.2. The first-order valence-electron chi connectivity index (χ1n) is 9.48. The quantitative estimate of drug-likeness (QED) is 0.804. The second kappa shape index (κ2) is 8.75. The van der Waals surface area contributed by atoms with Gasteiger partial charge in [-0.1, -0.05) is 19.1 Å². The molecule has 1 fully saturated rings. The van der Waals surface area contributed by atoms with Crippen LogP contribution in [0.5, 0.6) is 5.75 Å². The highest BCUT2D eigenvalue weighted by Gasteiger charge is 2.33. The summed E-state index contributed by atoms with van der Waals surface area (Å²) >= 11 is 0. The average Bonchev–Trinajstić information content (AvgIpc) is 2.74. The topological polar surface area (TPSA) is 75.7 Å². The van der Waals surface area contributed by atoms with Gasteiger partial charge in [0.1, 0.15) is 5.75 Å². The molecule has 0 aliphatic carbocycles. The number of rotatable bonds is 6. The summed E-state index contributed by atoms with van der Waals surface area (Å²) in [5, 5.41) is 2.91. The van der Waals surface area contributed by atoms with E-state index in [-0.39, 0.29) is 23.3 Å². The minimum absolute atomic E-state index is 0.140. The van der Waals surface area contributed by atoms with Crippen molar-refractivity contribution in [2.45, 2.75) is 31.1 Å². The maximum Gasteiger partial charge on any atom is 0.243 e. The number of hydrogen-bond donors (Lipinski definition) is 1. The second-order valence-corrected chi connectivity index (χ2v) is 8.86. The first kappa shape index (κ1) is 20.4. The summed E-state index contributed by atoms with van der Waals surface area (Å²) in [5.41, 5.74) is 1.93. The van der Waals surface area contributed by atoms with Gasteiger partial charge in [-0.05, 0) is 61.2 Å². The Labute approximate surface area is 166 Å². The summed E-state index contributed by atoms with van der Waals surface area (Å²) in [6.07, 6.45) is 2.27. The molecule has 6 nitrogen and oxygen atoms in total. The molecule has 1 saturated heterocycles. The zero-order valence-corrected chi connectivity index (χ0v) is 17.0. The highest BCUT2D eigenvalue weighted by molar-refractivity contribution is 7.89. The van der Waals surface area contributed by atoms with Crippen LogP contribution in [0.4, 0.5) is 5.69 Å². The molecule has 1 amide bonds. The molecule has 2 aromatic carbocycles. The monoisotopic (exact) mass is 402 g/mol. The van der Waals surface area contributed by atoms with Crippen LogP contribution in [-0.2, 0) is 21.2 Å². The van der Waals surface area contributed by atoms with Crippen molar-refractivity contribution < 1.29 is 17.9 Å². The number of hydrogen-bond acceptors (Lipinski definition) is 4. The van der Waals surface area contributed by atoms with E-state index in [0.717, 1.165) is 12.1 Å². The Morgan fingerprint density at radius 1 is 1.14 bits per heavy atom. The minimum Gasteiger partial charge on any atom is -0.497 e. The van der Waals surface area contributed by atoms with Gasteiger partial charge < -0.3 is 10.1 Å². The van der Waals surface area contributed by atoms with Gasteiger partial charge in [0.25, 0.3) is 0 Å². The number of piperidine rings is 1. The molecule has 0 aromatic heterocycles. The first-order valence-corrected chi connectivity index (χ1v) is 10.9. The van der Waals surface area contributed by atoms with E-state index in [1.807, 2.05) is 24.3 Å². The number of nitrogens with zero attached hydrogens (tertiary/aromatic N) is 1. The third-order valence-electron chi connectivity index (χ3n) is 5.08. The third-order valence-corrected chi connectivity index (χ3v) is 6.96. The first-order chi connectivity index (χ1) is 13.4. The average molecular weight is 403 g/mol. The lowest BCUT2D eigenvalue weighted by atomic mass is 9.98. The summed E-state index contributed by atoms with van der Waals surface area (Å²) in [6, 6.07) is 14.0. The Balaban J connectivity index is 1.68. The molecular formula is C21H26N2O4S. The van der Waals surface area contributed by atoms with Gasteiger partial charge >= 0.3 is 0 Å². The lowest BCUT2D eigenvalue weighted by Crippen LogP contribution is -2.43. The molecule has 3 rings (SSSR count). The van der Waals surface area contributed by atoms with Gasteiger partial charge in [-0.15, -0.1) is 0 Å². The molecule has 1 aliphatic rings. The molecule has 150 valence electrons. The van der Waals surface area contributed by atoms with Gasteiger partial charge in [-0.3, -0.25) is 4.79 Å². The van der Waals surface area contributed by atoms with Crippen LogP contribution in [0.15, 0.2) is 53.4 Å². The number of methoxy groups -OCH3 is 1. The normalized spacial score (nSPS) is 17.9. The Morgan fingerprint density at radius 2 is 1.82 bits per heavy atom. The number of carbonyl (C=O) groups excluding carboxylic acids is 1. The van der Waals surface area contributed by atoms with Gasteiger partial charge in [0, 0.05) is 18.8 Å². The molecule has 2 aromatic rings. The Hall–Kier alpha value is -2.38. The summed E-state index contributed by atoms with van der Waals surface area (Å²) in [5.74, 6) is 0.0930. The van der Waals surface area contributed by atoms with Crippen LogP contribution in [0, 0.1) is 5.92 Å². The molecule has 0 bridgehead atoms. The zero-order valence-electron chi connectivity index (χ0n) is 16.2. The van der Waals surface area contributed by atoms with E-state index >= 15 is 0 Å². The second-order valence-electron chi connectivity index (χ2n) is 6.92. The standard InChI is InChI=1S/C21H26N2O4S/c1-3-16-6-8-18(9-7-16)22-21(24)17-5-4-14-23(15-17)28(25,26)20-12-10-19(27-2)11-13-20/h6-13,17H,3-5,14-15H2,1-2H3,(H,22,24)/t17-/m0/s1. The number of ether oxygens (including phenoxy) is 1. The zero-order chi connectivity index (χ0) is 20.1. The predicted octanol–water partition coefficient (Wildman–Crippen LogP) is 3.30. The van der Waals surface area contributed by atoms with Gasteiger partial charge in [0.15, 0.2) is 0 Å². The Kier molecular flexibility index (Phi) is 6.36. The van der Waals surface area contributed by atoms with Crippen molar-refractivity contribution in [3.63, 3.8) is 0 Å². The van der Waals surface area contributed by atoms with E-state index in [0.29, 0.717) is 25.1 Å². The van der Waals surface area contributed by atoms with Crippen molar-refractivity contribution in [1.82, 2.24) is 4.31 Å². The Morgan fingerprint density at radius 3 is 2.43 bits per heavy atom. The highest BCUT2D eigenvalue weighted by Crippen LogP contribution is 2.26. The molecule has 28 heavy (non-hydrogen) atoms. The fourth-order valence-corrected chi connectivity index (χ4v) is 4.86. The summed E-state index contributed by atoms with van der Waals surface area (Å²) < 4.78 is 32.4. The largest absolute Gasteiger partial charge is 0.497 e. The minimum atomic E-state index is -3.64. The summed E-state index contributed by atoms with van der Waals surface area (Å²) in [6.45, 7) is 2.68. The van der Waals surface area contributed by atoms with Crippen LogP contribution in [0.25, 0.3) is 0 Å². The van der Waals surface area contributed by atoms with E-state index in [1.165, 1.54) is 29.1 Å². The van der Waals surface area contributed by atoms with Gasteiger partial charge in [0.05, 0.1) is 17.9 Å². The van der Waals surface area contributed by atoms with E-state index in [9.17, 15) is 13.2 Å². The van der Waals surface area contributed by atoms with E-state index < -0.39 is 10.0 Å². The third kappa shape index (κ3) is 4.54. The van der Waals surface area contributed by atoms with Crippen molar-refractivity contribution in [2.24, 2.45) is 5.92 Å². The summed E-state index contributed by atoms with van der Waals surface area (Å²) in [4.78, 5) is 12.9. The molecule has 0 unspecified atom stereocenters. The van der Waals surface area contributed by atoms with Gasteiger partial charge in [0.2, 0.25) is 15.9 Å². The van der Waals surface area contributed by atoms with Gasteiger partial charge in [-0.25, -0.2) is 8.42 Å². The van der Waals surface area contributed by atoms with Crippen molar-refractivity contribution in [1.29, 1.82) is 0 Å². The molecule has 0 saturated carbocycles. The fraction of sp³-hybridized carbons (Fsp3) is 0.381. The molecule has 1 heterocycles. The smallest absolute Gasteiger partial charge is 0.243 e. The number of sulfonamides is 1. The maximum atomic E-state index is 12.9. The fourth-order valence-electron chi connectivity index (χ4n) is 3.34. The predicted molar refractivity (Wildman–Crippen MR) is 109 cm³/mol. The molecule has 0 radical (unpaired) electrons. The number of carbonyl (C=O) groups is 1. The lowest BCUT2D eigenvalue weighted by molar-refractivity contribution is -0.120. The van der Waals surface area contributed by atoms with Crippen LogP contribution in [0.2, 0.25) is 0 Å². The number of nitrogens with one attached hydrogen (secondary N) is 1. The lowest BCUT2D eigenvalue weighted by Gasteiger charge is -2.31. The molecule has 1 atom stereocenters. The molecule has 1 aliphatic heterocycles. The van der Waals surface area contributed by atoms with Crippen LogP contribution in [-0.4, -0.2) is 38.8 Å². The van der Waals surface area contributed by atoms with Crippen molar-refractivity contribution >= 4 is 21.6 Å². The van der Waals surface area contributed by atoms with Crippen LogP contribution in [0.3, 0.4) is 0 Å². The van der Waals surface area contributed by atoms with Gasteiger partial charge in [-0.2, -0.15) is 4.31 Å². The van der Waals surface area contributed by atoms with Crippen molar-refractivity contribution in [3.8, 4) is 5.75 Å². The van der Waals surface area contributed by atoms with Crippen LogP contribution < -0.4 is 10.1 Å². The van der Waals surface area contributed by atoms with Crippen molar-refractivity contribution in [2.75, 3.05) is 25.5 Å². The maximum absolute atomic E-state index is 12.9. The number of amides is 1. The van der Waals surface area contributed by atoms with E-state index in [2.05, 4.69) is 12.2 Å². The molecule has 1 N–H and O–H groups in total. The van der Waals surface area contributed by atoms with E-state index in [1.54, 1.807) is 12.1 Å². The van der Waals surface area contributed by atoms with Crippen molar-refractivity contribution in [3.05, 3.63) is 54.1 Å². The molecular weight excluding hydrogens is 376 g/mol. The van der Waals surface area contributed by atoms with Crippen LogP contribution in [0.1, 0.15) is 25.3 Å². The van der Waals surface area contributed by atoms with Crippen LogP contribution >= 0.6 is 0 Å².